The monoisotopic (exact) mass is 582 g/mol. The third kappa shape index (κ3) is 4.99. The SMILES string of the molecule is COc1ccc(F)cc1[C@H](Cn1c(=O)n(C2CCNC2=O)c(=O)c2c(C)c(-c3ncco3)sc21)OC1CCCCC1. The van der Waals surface area contributed by atoms with E-state index in [1.54, 1.807) is 13.0 Å². The summed E-state index contributed by atoms with van der Waals surface area (Å²) >= 11 is 1.22. The lowest BCUT2D eigenvalue weighted by atomic mass is 9.97. The lowest BCUT2D eigenvalue weighted by molar-refractivity contribution is -0.122. The van der Waals surface area contributed by atoms with Gasteiger partial charge in [-0.3, -0.25) is 14.2 Å². The van der Waals surface area contributed by atoms with Crippen LogP contribution in [0.15, 0.2) is 44.7 Å². The molecular weight excluding hydrogens is 551 g/mol. The molecule has 1 saturated carbocycles. The van der Waals surface area contributed by atoms with Crippen LogP contribution in [0.4, 0.5) is 4.39 Å². The molecule has 4 heterocycles. The van der Waals surface area contributed by atoms with Gasteiger partial charge in [-0.25, -0.2) is 18.7 Å². The summed E-state index contributed by atoms with van der Waals surface area (Å²) in [6, 6.07) is 3.29. The standard InChI is InChI=1S/C29H31FN4O6S/c1-16-23-27(36)34(20-10-11-31-25(20)35)29(37)33(28(23)41-24(16)26-32-12-13-39-26)15-22(40-18-6-4-3-5-7-18)19-14-17(30)8-9-21(19)38-2/h8-9,12-14,18,20,22H,3-7,10-11,15H2,1-2H3,(H,31,35)/t20?,22-/m0/s1. The van der Waals surface area contributed by atoms with Gasteiger partial charge >= 0.3 is 5.69 Å². The number of amides is 1. The Morgan fingerprint density at radius 2 is 2.00 bits per heavy atom. The molecule has 2 fully saturated rings. The minimum atomic E-state index is -0.934. The Balaban J connectivity index is 1.57. The van der Waals surface area contributed by atoms with Crippen molar-refractivity contribution >= 4 is 27.5 Å². The fourth-order valence-corrected chi connectivity index (χ4v) is 7.18. The van der Waals surface area contributed by atoms with E-state index in [4.69, 9.17) is 13.9 Å². The van der Waals surface area contributed by atoms with Gasteiger partial charge < -0.3 is 19.2 Å². The van der Waals surface area contributed by atoms with Gasteiger partial charge in [-0.05, 0) is 49.9 Å². The highest BCUT2D eigenvalue weighted by Gasteiger charge is 2.33. The summed E-state index contributed by atoms with van der Waals surface area (Å²) in [7, 11) is 1.50. The summed E-state index contributed by atoms with van der Waals surface area (Å²) < 4.78 is 34.8. The van der Waals surface area contributed by atoms with Crippen molar-refractivity contribution in [2.24, 2.45) is 0 Å². The Morgan fingerprint density at radius 1 is 1.20 bits per heavy atom. The maximum atomic E-state index is 14.6. The molecule has 4 aromatic rings. The average molecular weight is 583 g/mol. The predicted molar refractivity (Wildman–Crippen MR) is 151 cm³/mol. The third-order valence-electron chi connectivity index (χ3n) is 8.00. The second-order valence-electron chi connectivity index (χ2n) is 10.5. The third-order valence-corrected chi connectivity index (χ3v) is 9.30. The normalized spacial score (nSPS) is 18.6. The van der Waals surface area contributed by atoms with Crippen molar-refractivity contribution in [1.29, 1.82) is 0 Å². The number of hydrogen-bond donors (Lipinski definition) is 1. The topological polar surface area (TPSA) is 118 Å². The van der Waals surface area contributed by atoms with Gasteiger partial charge in [0.15, 0.2) is 0 Å². The number of aromatic nitrogens is 3. The second kappa shape index (κ2) is 11.2. The largest absolute Gasteiger partial charge is 0.496 e. The van der Waals surface area contributed by atoms with Gasteiger partial charge in [-0.1, -0.05) is 19.3 Å². The Morgan fingerprint density at radius 3 is 2.68 bits per heavy atom. The Kier molecular flexibility index (Phi) is 7.52. The van der Waals surface area contributed by atoms with Crippen molar-refractivity contribution < 1.29 is 23.1 Å². The molecule has 10 nitrogen and oxygen atoms in total. The van der Waals surface area contributed by atoms with Crippen molar-refractivity contribution in [2.45, 2.75) is 70.2 Å². The van der Waals surface area contributed by atoms with Gasteiger partial charge in [-0.15, -0.1) is 11.3 Å². The number of halogens is 1. The number of rotatable bonds is 8. The molecule has 41 heavy (non-hydrogen) atoms. The molecule has 1 amide bonds. The van der Waals surface area contributed by atoms with E-state index in [2.05, 4.69) is 10.3 Å². The number of fused-ring (bicyclic) bond motifs is 1. The zero-order chi connectivity index (χ0) is 28.7. The molecule has 1 saturated heterocycles. The van der Waals surface area contributed by atoms with Crippen LogP contribution in [0.1, 0.15) is 61.8 Å². The minimum absolute atomic E-state index is 0.0226. The summed E-state index contributed by atoms with van der Waals surface area (Å²) in [5.74, 6) is -0.0733. The van der Waals surface area contributed by atoms with Crippen molar-refractivity contribution in [3.05, 3.63) is 68.4 Å². The number of oxazole rings is 1. The molecule has 1 N–H and O–H groups in total. The average Bonchev–Trinajstić information content (AvgIpc) is 3.72. The van der Waals surface area contributed by atoms with Crippen LogP contribution in [0, 0.1) is 12.7 Å². The molecule has 1 aliphatic carbocycles. The summed E-state index contributed by atoms with van der Waals surface area (Å²) in [4.78, 5) is 46.0. The van der Waals surface area contributed by atoms with E-state index in [-0.39, 0.29) is 18.6 Å². The molecule has 0 bridgehead atoms. The highest BCUT2D eigenvalue weighted by molar-refractivity contribution is 7.22. The van der Waals surface area contributed by atoms with E-state index < -0.39 is 29.2 Å². The smallest absolute Gasteiger partial charge is 0.332 e. The molecule has 1 aliphatic heterocycles. The van der Waals surface area contributed by atoms with E-state index in [0.717, 1.165) is 36.7 Å². The molecule has 0 radical (unpaired) electrons. The Labute approximate surface area is 238 Å². The van der Waals surface area contributed by atoms with Gasteiger partial charge in [0.2, 0.25) is 11.8 Å². The van der Waals surface area contributed by atoms with Crippen LogP contribution in [0.5, 0.6) is 5.75 Å². The number of nitrogens with zero attached hydrogens (tertiary/aromatic N) is 3. The minimum Gasteiger partial charge on any atom is -0.496 e. The van der Waals surface area contributed by atoms with Crippen LogP contribution in [0.3, 0.4) is 0 Å². The van der Waals surface area contributed by atoms with E-state index in [9.17, 15) is 18.8 Å². The Bertz CT molecular complexity index is 1700. The number of methoxy groups -OCH3 is 1. The van der Waals surface area contributed by atoms with Crippen LogP contribution in [-0.2, 0) is 16.1 Å². The first kappa shape index (κ1) is 27.4. The maximum absolute atomic E-state index is 14.6. The number of aryl methyl sites for hydroxylation is 1. The summed E-state index contributed by atoms with van der Waals surface area (Å²) in [5, 5.41) is 3.03. The highest BCUT2D eigenvalue weighted by Crippen LogP contribution is 2.38. The molecule has 0 spiro atoms. The lowest BCUT2D eigenvalue weighted by Crippen LogP contribution is -2.44. The zero-order valence-corrected chi connectivity index (χ0v) is 23.7. The van der Waals surface area contributed by atoms with E-state index in [0.29, 0.717) is 50.8 Å². The van der Waals surface area contributed by atoms with Crippen molar-refractivity contribution in [2.75, 3.05) is 13.7 Å². The first-order valence-corrected chi connectivity index (χ1v) is 14.6. The summed E-state index contributed by atoms with van der Waals surface area (Å²) in [6.07, 6.45) is 7.30. The van der Waals surface area contributed by atoms with Gasteiger partial charge in [0.1, 0.15) is 34.8 Å². The van der Waals surface area contributed by atoms with Crippen LogP contribution in [-0.4, -0.2) is 39.8 Å². The molecule has 2 aliphatic rings. The van der Waals surface area contributed by atoms with E-state index >= 15 is 0 Å². The fourth-order valence-electron chi connectivity index (χ4n) is 5.94. The van der Waals surface area contributed by atoms with Crippen molar-refractivity contribution in [1.82, 2.24) is 19.4 Å². The highest BCUT2D eigenvalue weighted by atomic mass is 32.1. The molecule has 1 unspecified atom stereocenters. The summed E-state index contributed by atoms with van der Waals surface area (Å²) in [5.41, 5.74) is -0.0950. The van der Waals surface area contributed by atoms with Crippen LogP contribution in [0.2, 0.25) is 0 Å². The lowest BCUT2D eigenvalue weighted by Gasteiger charge is -2.29. The molecule has 1 aromatic carbocycles. The molecule has 3 aromatic heterocycles. The molecular formula is C29H31FN4O6S. The molecule has 6 rings (SSSR count). The number of benzene rings is 1. The van der Waals surface area contributed by atoms with Gasteiger partial charge in [0, 0.05) is 12.1 Å². The predicted octanol–water partition coefficient (Wildman–Crippen LogP) is 4.49. The fraction of sp³-hybridized carbons (Fsp3) is 0.448. The molecule has 2 atom stereocenters. The quantitative estimate of drug-likeness (QED) is 0.325. The first-order chi connectivity index (χ1) is 19.9. The number of thiophene rings is 1. The van der Waals surface area contributed by atoms with E-state index in [1.807, 2.05) is 0 Å². The van der Waals surface area contributed by atoms with Crippen molar-refractivity contribution in [3.8, 4) is 16.5 Å². The van der Waals surface area contributed by atoms with Crippen LogP contribution in [0.25, 0.3) is 21.0 Å². The van der Waals surface area contributed by atoms with Gasteiger partial charge in [-0.2, -0.15) is 0 Å². The zero-order valence-electron chi connectivity index (χ0n) is 22.9. The molecule has 12 heteroatoms. The first-order valence-electron chi connectivity index (χ1n) is 13.8. The number of carbonyl (C=O) groups is 1. The van der Waals surface area contributed by atoms with E-state index in [1.165, 1.54) is 47.6 Å². The van der Waals surface area contributed by atoms with Gasteiger partial charge in [0.05, 0.1) is 36.2 Å². The second-order valence-corrected chi connectivity index (χ2v) is 11.5. The maximum Gasteiger partial charge on any atom is 0.332 e. The number of nitrogens with one attached hydrogen (secondary N) is 1. The Hall–Kier alpha value is -3.77. The molecule has 216 valence electrons. The summed E-state index contributed by atoms with van der Waals surface area (Å²) in [6.45, 7) is 2.12. The van der Waals surface area contributed by atoms with Crippen LogP contribution >= 0.6 is 11.3 Å². The van der Waals surface area contributed by atoms with Crippen LogP contribution < -0.4 is 21.3 Å². The number of carbonyl (C=O) groups excluding carboxylic acids is 1. The number of hydrogen-bond acceptors (Lipinski definition) is 8. The van der Waals surface area contributed by atoms with Gasteiger partial charge in [0.25, 0.3) is 5.56 Å². The number of ether oxygens (including phenoxy) is 2. The van der Waals surface area contributed by atoms with Crippen molar-refractivity contribution in [3.63, 3.8) is 0 Å².